The first-order valence-corrected chi connectivity index (χ1v) is 2.91. The van der Waals surface area contributed by atoms with E-state index < -0.39 is 12.8 Å². The highest BCUT2D eigenvalue weighted by Crippen LogP contribution is 2.12. The molecule has 0 aromatic heterocycles. The van der Waals surface area contributed by atoms with Crippen molar-refractivity contribution in [1.82, 2.24) is 0 Å². The van der Waals surface area contributed by atoms with Crippen molar-refractivity contribution in [3.63, 3.8) is 0 Å². The van der Waals surface area contributed by atoms with Crippen LogP contribution in [0.1, 0.15) is 11.0 Å². The number of hydrogen-bond acceptors (Lipinski definition) is 3. The van der Waals surface area contributed by atoms with Crippen molar-refractivity contribution in [3.8, 4) is 0 Å². The third kappa shape index (κ3) is 0.832. The molecule has 2 aliphatic heterocycles. The van der Waals surface area contributed by atoms with E-state index in [9.17, 15) is 4.79 Å². The van der Waals surface area contributed by atoms with Gasteiger partial charge in [-0.1, -0.05) is 0 Å². The minimum Gasteiger partial charge on any atom is -0.265 e. The molecule has 2 heterocycles. The zero-order valence-corrected chi connectivity index (χ0v) is 5.40. The summed E-state index contributed by atoms with van der Waals surface area (Å²) in [6.45, 7) is -1.35. The minimum atomic E-state index is -1.35. The average molecular weight is 150 g/mol. The van der Waals surface area contributed by atoms with Crippen LogP contribution in [0.25, 0.3) is 0 Å². The van der Waals surface area contributed by atoms with Crippen molar-refractivity contribution in [3.05, 3.63) is 11.7 Å². The van der Waals surface area contributed by atoms with E-state index in [0.717, 1.165) is 6.21 Å². The highest BCUT2D eigenvalue weighted by atomic mass is 16.1. The van der Waals surface area contributed by atoms with Crippen LogP contribution in [0, 0.1) is 0 Å². The molecule has 4 heteroatoms. The van der Waals surface area contributed by atoms with Crippen LogP contribution in [0.5, 0.6) is 0 Å². The predicted molar refractivity (Wildman–Crippen MR) is 42.1 cm³/mol. The van der Waals surface area contributed by atoms with Gasteiger partial charge in [0, 0.05) is 8.96 Å². The normalized spacial score (nSPS) is 25.9. The minimum absolute atomic E-state index is 0.0148. The molecule has 2 rings (SSSR count). The molecule has 2 aliphatic rings. The second-order valence-electron chi connectivity index (χ2n) is 1.99. The molecule has 0 N–H and O–H groups in total. The van der Waals surface area contributed by atoms with Crippen LogP contribution in [0.3, 0.4) is 0 Å². The summed E-state index contributed by atoms with van der Waals surface area (Å²) < 4.78 is 21.5. The standard InChI is InChI=1S/C7H5N3O/c1-4-9-5-2-3-8-7(11)6(5)10-4/h2-3H,1H3/i1D2,2D. The van der Waals surface area contributed by atoms with Gasteiger partial charge >= 0.3 is 0 Å². The van der Waals surface area contributed by atoms with Crippen LogP contribution in [0.15, 0.2) is 26.7 Å². The maximum absolute atomic E-state index is 11.1. The lowest BCUT2D eigenvalue weighted by Crippen LogP contribution is -2.14. The topological polar surface area (TPSA) is 54.1 Å². The summed E-state index contributed by atoms with van der Waals surface area (Å²) in [6.07, 6.45) is 1.09. The highest BCUT2D eigenvalue weighted by Gasteiger charge is 2.22. The molecule has 0 fully saturated rings. The van der Waals surface area contributed by atoms with Crippen LogP contribution < -0.4 is 0 Å². The Hall–Kier alpha value is -1.58. The monoisotopic (exact) mass is 150 g/mol. The van der Waals surface area contributed by atoms with Gasteiger partial charge in [0.2, 0.25) is 0 Å². The van der Waals surface area contributed by atoms with E-state index in [2.05, 4.69) is 15.0 Å². The first-order chi connectivity index (χ1) is 6.59. The van der Waals surface area contributed by atoms with E-state index >= 15 is 0 Å². The zero-order valence-electron chi connectivity index (χ0n) is 8.40. The van der Waals surface area contributed by atoms with Gasteiger partial charge in [0.05, 0.1) is 7.07 Å². The van der Waals surface area contributed by atoms with Crippen LogP contribution in [0.4, 0.5) is 0 Å². The number of rotatable bonds is 0. The number of carbonyl (C=O) groups is 1. The predicted octanol–water partition coefficient (Wildman–Crippen LogP) is 0.354. The van der Waals surface area contributed by atoms with Crippen molar-refractivity contribution in [2.24, 2.45) is 15.0 Å². The molecule has 0 atom stereocenters. The van der Waals surface area contributed by atoms with Crippen molar-refractivity contribution >= 4 is 23.7 Å². The van der Waals surface area contributed by atoms with Gasteiger partial charge in [0.1, 0.15) is 5.84 Å². The Labute approximate surface area is 67.3 Å². The Bertz CT molecular complexity index is 433. The summed E-state index contributed by atoms with van der Waals surface area (Å²) in [6, 6.07) is -0.0148. The average Bonchev–Trinajstić information content (AvgIpc) is 2.57. The number of hydrogen-bond donors (Lipinski definition) is 0. The second kappa shape index (κ2) is 1.95. The van der Waals surface area contributed by atoms with E-state index in [4.69, 9.17) is 4.11 Å². The molecule has 4 nitrogen and oxygen atoms in total. The van der Waals surface area contributed by atoms with E-state index in [0.29, 0.717) is 0 Å². The second-order valence-corrected chi connectivity index (χ2v) is 1.99. The molecule has 0 saturated carbocycles. The lowest BCUT2D eigenvalue weighted by atomic mass is 10.2. The molecule has 0 aromatic carbocycles. The highest BCUT2D eigenvalue weighted by molar-refractivity contribution is 6.50. The lowest BCUT2D eigenvalue weighted by Gasteiger charge is -1.97. The number of amidine groups is 1. The summed E-state index contributed by atoms with van der Waals surface area (Å²) in [4.78, 5) is 22.0. The van der Waals surface area contributed by atoms with Gasteiger partial charge in [0.25, 0.3) is 5.91 Å². The fraction of sp³-hybridized carbons (Fsp3) is 0.143. The summed E-state index contributed by atoms with van der Waals surface area (Å²) in [7, 11) is 0. The Kier molecular flexibility index (Phi) is 0.657. The smallest absolute Gasteiger partial charge is 0.265 e. The molecule has 0 radical (unpaired) electrons. The van der Waals surface area contributed by atoms with Gasteiger partial charge < -0.3 is 0 Å². The number of allylic oxidation sites excluding steroid dienone is 1. The molecular formula is C7H5N3O. The van der Waals surface area contributed by atoms with Crippen molar-refractivity contribution in [2.75, 3.05) is 0 Å². The number of fused-ring (bicyclic) bond motifs is 1. The summed E-state index contributed by atoms with van der Waals surface area (Å²) in [5.74, 6) is -0.644. The lowest BCUT2D eigenvalue weighted by molar-refractivity contribution is -0.111. The molecule has 0 aromatic rings. The van der Waals surface area contributed by atoms with Gasteiger partial charge in [0.15, 0.2) is 5.71 Å². The molecular weight excluding hydrogens is 142 g/mol. The molecule has 0 saturated heterocycles. The fourth-order valence-corrected chi connectivity index (χ4v) is 0.823. The van der Waals surface area contributed by atoms with Crippen LogP contribution in [0.2, 0.25) is 0 Å². The molecule has 0 bridgehead atoms. The molecule has 0 aliphatic carbocycles. The fourth-order valence-electron chi connectivity index (χ4n) is 0.823. The van der Waals surface area contributed by atoms with Gasteiger partial charge in [-0.05, 0) is 12.9 Å². The number of carbonyl (C=O) groups excluding carboxylic acids is 1. The Balaban J connectivity index is 2.50. The number of dihydropyridines is 1. The van der Waals surface area contributed by atoms with Crippen LogP contribution >= 0.6 is 0 Å². The van der Waals surface area contributed by atoms with Gasteiger partial charge in [-0.3, -0.25) is 4.79 Å². The molecule has 0 spiro atoms. The van der Waals surface area contributed by atoms with Crippen molar-refractivity contribution in [2.45, 2.75) is 6.88 Å². The zero-order chi connectivity index (χ0) is 10.3. The van der Waals surface area contributed by atoms with Crippen molar-refractivity contribution in [1.29, 1.82) is 0 Å². The third-order valence-corrected chi connectivity index (χ3v) is 1.26. The molecule has 1 amide bonds. The molecule has 11 heavy (non-hydrogen) atoms. The molecule has 54 valence electrons. The van der Waals surface area contributed by atoms with Crippen LogP contribution in [-0.2, 0) is 4.79 Å². The van der Waals surface area contributed by atoms with E-state index in [1.807, 2.05) is 0 Å². The van der Waals surface area contributed by atoms with Crippen LogP contribution in [-0.4, -0.2) is 23.7 Å². The van der Waals surface area contributed by atoms with Gasteiger partial charge in [-0.25, -0.2) is 15.0 Å². The number of amides is 1. The Morgan fingerprint density at radius 2 is 2.55 bits per heavy atom. The van der Waals surface area contributed by atoms with Crippen molar-refractivity contribution < 1.29 is 8.91 Å². The van der Waals surface area contributed by atoms with E-state index in [1.165, 1.54) is 0 Å². The third-order valence-electron chi connectivity index (χ3n) is 1.26. The maximum Gasteiger partial charge on any atom is 0.297 e. The first-order valence-electron chi connectivity index (χ1n) is 4.56. The Morgan fingerprint density at radius 1 is 1.64 bits per heavy atom. The first kappa shape index (κ1) is 3.71. The number of aliphatic imine (C=N–C) groups is 3. The molecule has 0 unspecified atom stereocenters. The quantitative estimate of drug-likeness (QED) is 0.491. The van der Waals surface area contributed by atoms with E-state index in [-0.39, 0.29) is 23.3 Å². The van der Waals surface area contributed by atoms with E-state index in [1.54, 1.807) is 0 Å². The van der Waals surface area contributed by atoms with Gasteiger partial charge in [-0.15, -0.1) is 0 Å². The summed E-state index contributed by atoms with van der Waals surface area (Å²) in [5, 5.41) is 0. The van der Waals surface area contributed by atoms with Gasteiger partial charge in [-0.2, -0.15) is 0 Å². The SMILES string of the molecule is [2H]C1=C2N=C(C([2H])[2H])N=C2C(=O)N=C1. The summed E-state index contributed by atoms with van der Waals surface area (Å²) in [5.41, 5.74) is 0.0847. The number of nitrogens with zero attached hydrogens (tertiary/aromatic N) is 3. The largest absolute Gasteiger partial charge is 0.297 e. The summed E-state index contributed by atoms with van der Waals surface area (Å²) >= 11 is 0. The Morgan fingerprint density at radius 3 is 3.27 bits per heavy atom. The maximum atomic E-state index is 11.1.